The average Bonchev–Trinajstić information content (AvgIpc) is 2.84. The van der Waals surface area contributed by atoms with Gasteiger partial charge in [0, 0.05) is 6.42 Å². The Morgan fingerprint density at radius 3 is 2.03 bits per heavy atom. The highest BCUT2D eigenvalue weighted by molar-refractivity contribution is 5.79. The molecule has 1 amide bonds. The fourth-order valence-corrected chi connectivity index (χ4v) is 5.01. The Morgan fingerprint density at radius 2 is 1.53 bits per heavy atom. The van der Waals surface area contributed by atoms with Crippen LogP contribution in [0.3, 0.4) is 0 Å². The number of nitrogens with one attached hydrogen (secondary N) is 1. The third-order valence-corrected chi connectivity index (χ3v) is 7.54. The molecule has 6 heteroatoms. The minimum atomic E-state index is -0.637. The van der Waals surface area contributed by atoms with Gasteiger partial charge in [-0.1, -0.05) is 105 Å². The lowest BCUT2D eigenvalue weighted by Gasteiger charge is -2.38. The molecule has 0 bridgehead atoms. The zero-order valence-electron chi connectivity index (χ0n) is 23.9. The highest BCUT2D eigenvalue weighted by atomic mass is 16.6. The largest absolute Gasteiger partial charge is 0.461 e. The van der Waals surface area contributed by atoms with Crippen LogP contribution >= 0.6 is 0 Å². The van der Waals surface area contributed by atoms with Crippen molar-refractivity contribution < 1.29 is 23.9 Å². The highest BCUT2D eigenvalue weighted by Gasteiger charge is 2.44. The third-order valence-electron chi connectivity index (χ3n) is 7.54. The van der Waals surface area contributed by atoms with Crippen molar-refractivity contribution in [3.05, 3.63) is 0 Å². The molecular formula is C30H55NO5. The van der Waals surface area contributed by atoms with Crippen molar-refractivity contribution >= 4 is 18.3 Å². The van der Waals surface area contributed by atoms with Crippen LogP contribution in [0.25, 0.3) is 0 Å². The number of unbranched alkanes of at least 4 members (excludes halogenated alkanes) is 10. The normalized spacial score (nSPS) is 19.8. The van der Waals surface area contributed by atoms with Crippen LogP contribution in [0.2, 0.25) is 0 Å². The molecule has 1 N–H and O–H groups in total. The van der Waals surface area contributed by atoms with Gasteiger partial charge in [-0.15, -0.1) is 0 Å². The Bertz CT molecular complexity index is 608. The maximum absolute atomic E-state index is 12.9. The topological polar surface area (TPSA) is 81.7 Å². The van der Waals surface area contributed by atoms with Crippen LogP contribution in [0.1, 0.15) is 137 Å². The van der Waals surface area contributed by atoms with Gasteiger partial charge in [0.2, 0.25) is 6.41 Å². The Balaban J connectivity index is 2.54. The van der Waals surface area contributed by atoms with Gasteiger partial charge in [0.15, 0.2) is 0 Å². The lowest BCUT2D eigenvalue weighted by atomic mass is 9.83. The number of hydrogen-bond acceptors (Lipinski definition) is 5. The molecule has 0 aromatic rings. The van der Waals surface area contributed by atoms with Crippen LogP contribution in [-0.4, -0.2) is 36.6 Å². The van der Waals surface area contributed by atoms with E-state index in [0.29, 0.717) is 25.2 Å². The van der Waals surface area contributed by atoms with Gasteiger partial charge in [-0.3, -0.25) is 9.59 Å². The van der Waals surface area contributed by atoms with Gasteiger partial charge < -0.3 is 14.8 Å². The average molecular weight is 510 g/mol. The quantitative estimate of drug-likeness (QED) is 0.0900. The molecule has 6 nitrogen and oxygen atoms in total. The van der Waals surface area contributed by atoms with Crippen LogP contribution < -0.4 is 5.32 Å². The molecule has 1 aliphatic rings. The summed E-state index contributed by atoms with van der Waals surface area (Å²) in [5.41, 5.74) is 0. The molecule has 1 heterocycles. The van der Waals surface area contributed by atoms with Crippen LogP contribution in [0, 0.1) is 17.8 Å². The first-order chi connectivity index (χ1) is 17.3. The summed E-state index contributed by atoms with van der Waals surface area (Å²) in [6.07, 6.45) is 17.7. The summed E-state index contributed by atoms with van der Waals surface area (Å²) in [5, 5.41) is 2.62. The van der Waals surface area contributed by atoms with E-state index in [1.807, 2.05) is 13.8 Å². The molecule has 1 aliphatic heterocycles. The fraction of sp³-hybridized carbons (Fsp3) is 0.900. The molecule has 0 saturated carbocycles. The van der Waals surface area contributed by atoms with Gasteiger partial charge >= 0.3 is 11.9 Å². The van der Waals surface area contributed by atoms with E-state index >= 15 is 0 Å². The summed E-state index contributed by atoms with van der Waals surface area (Å²) in [6, 6.07) is -0.637. The fourth-order valence-electron chi connectivity index (χ4n) is 5.01. The Morgan fingerprint density at radius 1 is 0.944 bits per heavy atom. The number of esters is 2. The Kier molecular flexibility index (Phi) is 17.6. The molecule has 1 fully saturated rings. The monoisotopic (exact) mass is 509 g/mol. The van der Waals surface area contributed by atoms with Crippen LogP contribution in [0.4, 0.5) is 0 Å². The van der Waals surface area contributed by atoms with Crippen molar-refractivity contribution in [2.45, 2.75) is 156 Å². The molecule has 0 spiro atoms. The maximum Gasteiger partial charge on any atom is 0.328 e. The minimum Gasteiger partial charge on any atom is -0.461 e. The van der Waals surface area contributed by atoms with E-state index < -0.39 is 6.04 Å². The molecule has 1 saturated heterocycles. The predicted octanol–water partition coefficient (Wildman–Crippen LogP) is 7.13. The number of ether oxygens (including phenoxy) is 2. The molecule has 0 aromatic heterocycles. The molecule has 210 valence electrons. The van der Waals surface area contributed by atoms with E-state index in [4.69, 9.17) is 9.47 Å². The summed E-state index contributed by atoms with van der Waals surface area (Å²) in [4.78, 5) is 36.0. The van der Waals surface area contributed by atoms with Gasteiger partial charge in [-0.25, -0.2) is 4.79 Å². The van der Waals surface area contributed by atoms with Crippen LogP contribution in [-0.2, 0) is 23.9 Å². The second-order valence-corrected chi connectivity index (χ2v) is 11.4. The molecule has 0 unspecified atom stereocenters. The Hall–Kier alpha value is -1.59. The first kappa shape index (κ1) is 32.4. The van der Waals surface area contributed by atoms with Crippen molar-refractivity contribution in [3.8, 4) is 0 Å². The zero-order valence-corrected chi connectivity index (χ0v) is 23.9. The molecule has 0 aliphatic carbocycles. The predicted molar refractivity (Wildman–Crippen MR) is 145 cm³/mol. The number of carbonyl (C=O) groups is 3. The number of hydrogen-bond donors (Lipinski definition) is 1. The lowest BCUT2D eigenvalue weighted by Crippen LogP contribution is -2.48. The van der Waals surface area contributed by atoms with E-state index in [1.54, 1.807) is 0 Å². The van der Waals surface area contributed by atoms with E-state index in [1.165, 1.54) is 57.8 Å². The SMILES string of the molecule is CCCCCCCCCCCCC[C@@H](C[C@@H]1OC(=O)[C@H]1C[C@H](C)CC)OC(=O)[C@H](CC(C)C)NC=O. The summed E-state index contributed by atoms with van der Waals surface area (Å²) >= 11 is 0. The molecule has 0 radical (unpaired) electrons. The molecule has 0 aromatic carbocycles. The minimum absolute atomic E-state index is 0.0990. The van der Waals surface area contributed by atoms with Gasteiger partial charge in [-0.2, -0.15) is 0 Å². The van der Waals surface area contributed by atoms with E-state index in [9.17, 15) is 14.4 Å². The maximum atomic E-state index is 12.9. The second kappa shape index (κ2) is 19.5. The summed E-state index contributed by atoms with van der Waals surface area (Å²) < 4.78 is 11.4. The number of rotatable bonds is 23. The van der Waals surface area contributed by atoms with Crippen molar-refractivity contribution in [1.29, 1.82) is 0 Å². The van der Waals surface area contributed by atoms with E-state index in [-0.39, 0.29) is 36.0 Å². The van der Waals surface area contributed by atoms with Crippen molar-refractivity contribution in [2.24, 2.45) is 17.8 Å². The zero-order chi connectivity index (χ0) is 26.8. The van der Waals surface area contributed by atoms with Crippen molar-refractivity contribution in [3.63, 3.8) is 0 Å². The third kappa shape index (κ3) is 13.6. The van der Waals surface area contributed by atoms with Crippen molar-refractivity contribution in [2.75, 3.05) is 0 Å². The summed E-state index contributed by atoms with van der Waals surface area (Å²) in [5.74, 6) is 0.115. The molecule has 5 atom stereocenters. The number of amides is 1. The first-order valence-corrected chi connectivity index (χ1v) is 14.9. The van der Waals surface area contributed by atoms with Gasteiger partial charge in [0.1, 0.15) is 18.2 Å². The smallest absolute Gasteiger partial charge is 0.328 e. The highest BCUT2D eigenvalue weighted by Crippen LogP contribution is 2.34. The van der Waals surface area contributed by atoms with Crippen LogP contribution in [0.15, 0.2) is 0 Å². The summed E-state index contributed by atoms with van der Waals surface area (Å²) in [6.45, 7) is 10.6. The lowest BCUT2D eigenvalue weighted by molar-refractivity contribution is -0.191. The van der Waals surface area contributed by atoms with E-state index in [2.05, 4.69) is 26.1 Å². The van der Waals surface area contributed by atoms with E-state index in [0.717, 1.165) is 32.1 Å². The number of carbonyl (C=O) groups excluding carboxylic acids is 3. The second-order valence-electron chi connectivity index (χ2n) is 11.4. The Labute approximate surface area is 221 Å². The van der Waals surface area contributed by atoms with Gasteiger partial charge in [0.25, 0.3) is 0 Å². The molecule has 1 rings (SSSR count). The first-order valence-electron chi connectivity index (χ1n) is 14.9. The summed E-state index contributed by atoms with van der Waals surface area (Å²) in [7, 11) is 0. The number of cyclic esters (lactones) is 1. The molecule has 36 heavy (non-hydrogen) atoms. The standard InChI is InChI=1S/C30H55NO5/c1-6-8-9-10-11-12-13-14-15-16-17-18-25(35-30(34)27(31-22-32)19-23(3)4)21-28-26(29(33)36-28)20-24(5)7-2/h22-28H,6-21H2,1-5H3,(H,31,32)/t24-,25+,26+,27+,28+/m1/s1. The van der Waals surface area contributed by atoms with Gasteiger partial charge in [0.05, 0.1) is 5.92 Å². The van der Waals surface area contributed by atoms with Crippen molar-refractivity contribution in [1.82, 2.24) is 5.32 Å². The van der Waals surface area contributed by atoms with Crippen LogP contribution in [0.5, 0.6) is 0 Å². The van der Waals surface area contributed by atoms with Gasteiger partial charge in [-0.05, 0) is 37.5 Å². The molecular weight excluding hydrogens is 454 g/mol.